The average molecular weight is 730 g/mol. The molecular weight excluding hydrogens is 683 g/mol. The molecule has 0 amide bonds. The van der Waals surface area contributed by atoms with Crippen molar-refractivity contribution in [3.8, 4) is 11.8 Å². The lowest BCUT2D eigenvalue weighted by Crippen LogP contribution is -2.38. The maximum atomic E-state index is 14.5. The van der Waals surface area contributed by atoms with Gasteiger partial charge >= 0.3 is 5.97 Å². The van der Waals surface area contributed by atoms with Gasteiger partial charge in [0.2, 0.25) is 21.8 Å². The van der Waals surface area contributed by atoms with Crippen LogP contribution in [0.15, 0.2) is 35.4 Å². The van der Waals surface area contributed by atoms with Crippen molar-refractivity contribution in [2.75, 3.05) is 32.8 Å². The number of carboxylic acids is 1. The van der Waals surface area contributed by atoms with Gasteiger partial charge in [0.05, 0.1) is 23.5 Å². The second-order valence-electron chi connectivity index (χ2n) is 15.8. The summed E-state index contributed by atoms with van der Waals surface area (Å²) in [7, 11) is -4.05. The molecule has 2 aliphatic heterocycles. The summed E-state index contributed by atoms with van der Waals surface area (Å²) in [5.74, 6) is -1.09. The van der Waals surface area contributed by atoms with Crippen LogP contribution in [0.1, 0.15) is 97.8 Å². The molecule has 14 heteroatoms. The van der Waals surface area contributed by atoms with E-state index in [-0.39, 0.29) is 23.9 Å². The van der Waals surface area contributed by atoms with Gasteiger partial charge in [-0.3, -0.25) is 14.7 Å². The number of nitrogens with zero attached hydrogens (tertiary/aromatic N) is 7. The Hall–Kier alpha value is -4.14. The molecule has 4 aliphatic rings. The Morgan fingerprint density at radius 3 is 2.58 bits per heavy atom. The van der Waals surface area contributed by atoms with Crippen molar-refractivity contribution in [2.24, 2.45) is 5.41 Å². The number of aryl methyl sites for hydroxylation is 3. The number of fused-ring (bicyclic) bond motifs is 2. The Kier molecular flexibility index (Phi) is 8.57. The highest BCUT2D eigenvalue weighted by Gasteiger charge is 2.53. The first-order valence-electron chi connectivity index (χ1n) is 18.4. The van der Waals surface area contributed by atoms with Gasteiger partial charge in [-0.15, -0.1) is 5.10 Å². The van der Waals surface area contributed by atoms with Gasteiger partial charge in [-0.1, -0.05) is 17.3 Å². The van der Waals surface area contributed by atoms with E-state index in [1.165, 1.54) is 17.1 Å². The predicted molar refractivity (Wildman–Crippen MR) is 193 cm³/mol. The van der Waals surface area contributed by atoms with Gasteiger partial charge in [-0.05, 0) is 121 Å². The standard InChI is InChI=1S/C38H47N7O6S/c1-23-18-31-35(40-34(23)50-17-16-43-14-6-7-15-43)51-38(12-13-38)22-44(52(31,48)49)21-27-19-26(20-39-25(27)3)32(37(4,5)36(46)47)29-10-11-30-33(24(29)2)41-42-45(30)28-8-9-28/h10-11,18-20,28,32H,6-9,12-17,21-22H2,1-5H3,(H,46,47)/t32-/m1/s1. The normalized spacial score (nSPS) is 20.4. The molecule has 52 heavy (non-hydrogen) atoms. The van der Waals surface area contributed by atoms with Crippen LogP contribution in [0.3, 0.4) is 0 Å². The van der Waals surface area contributed by atoms with E-state index in [0.29, 0.717) is 53.8 Å². The molecule has 2 aliphatic carbocycles. The summed E-state index contributed by atoms with van der Waals surface area (Å²) in [6, 6.07) is 7.86. The molecule has 1 spiro atoms. The first-order valence-corrected chi connectivity index (χ1v) is 19.8. The number of aliphatic carboxylic acids is 1. The highest BCUT2D eigenvalue weighted by atomic mass is 32.2. The molecule has 1 aromatic carbocycles. The predicted octanol–water partition coefficient (Wildman–Crippen LogP) is 5.31. The number of likely N-dealkylation sites (tertiary alicyclic amines) is 1. The number of aromatic nitrogens is 5. The SMILES string of the molecule is Cc1cc2c(nc1OCCN1CCCC1)OC1(CC1)CN(Cc1cc([C@H](c3ccc4c(nnn4C4CC4)c3C)C(C)(C)C(=O)O)cnc1C)S2(=O)=O. The van der Waals surface area contributed by atoms with Gasteiger partial charge in [0.1, 0.15) is 22.6 Å². The number of rotatable bonds is 11. The second-order valence-corrected chi connectivity index (χ2v) is 17.7. The molecule has 8 rings (SSSR count). The fourth-order valence-electron chi connectivity index (χ4n) is 7.83. The van der Waals surface area contributed by atoms with Gasteiger partial charge in [-0.25, -0.2) is 13.1 Å². The Labute approximate surface area is 304 Å². The van der Waals surface area contributed by atoms with Crippen LogP contribution in [0.4, 0.5) is 0 Å². The van der Waals surface area contributed by atoms with Crippen molar-refractivity contribution in [3.63, 3.8) is 0 Å². The Morgan fingerprint density at radius 1 is 1.13 bits per heavy atom. The molecule has 0 bridgehead atoms. The summed E-state index contributed by atoms with van der Waals surface area (Å²) in [6.45, 7) is 12.7. The number of benzene rings is 1. The number of hydrogen-bond acceptors (Lipinski definition) is 10. The molecule has 276 valence electrons. The average Bonchev–Trinajstić information content (AvgIpc) is 3.99. The molecule has 1 N–H and O–H groups in total. The minimum Gasteiger partial charge on any atom is -0.481 e. The fraction of sp³-hybridized carbons (Fsp3) is 0.553. The molecule has 4 aromatic rings. The van der Waals surface area contributed by atoms with Crippen molar-refractivity contribution in [2.45, 2.75) is 102 Å². The van der Waals surface area contributed by atoms with Crippen molar-refractivity contribution < 1.29 is 27.8 Å². The Bertz CT molecular complexity index is 2170. The number of carbonyl (C=O) groups is 1. The summed E-state index contributed by atoms with van der Waals surface area (Å²) < 4.78 is 44.8. The van der Waals surface area contributed by atoms with Gasteiger partial charge in [0, 0.05) is 36.5 Å². The molecule has 2 saturated carbocycles. The molecule has 5 heterocycles. The van der Waals surface area contributed by atoms with Crippen molar-refractivity contribution >= 4 is 27.0 Å². The summed E-state index contributed by atoms with van der Waals surface area (Å²) in [5, 5.41) is 19.5. The van der Waals surface area contributed by atoms with Crippen LogP contribution in [0.2, 0.25) is 0 Å². The first kappa shape index (κ1) is 34.9. The monoisotopic (exact) mass is 729 g/mol. The highest BCUT2D eigenvalue weighted by molar-refractivity contribution is 7.89. The zero-order valence-corrected chi connectivity index (χ0v) is 31.4. The lowest BCUT2D eigenvalue weighted by atomic mass is 9.70. The molecule has 13 nitrogen and oxygen atoms in total. The summed E-state index contributed by atoms with van der Waals surface area (Å²) >= 11 is 0. The van der Waals surface area contributed by atoms with Crippen LogP contribution in [0.5, 0.6) is 11.8 Å². The van der Waals surface area contributed by atoms with E-state index in [2.05, 4.69) is 20.2 Å². The van der Waals surface area contributed by atoms with Gasteiger partial charge < -0.3 is 14.6 Å². The number of ether oxygens (including phenoxy) is 2. The second kappa shape index (κ2) is 12.8. The summed E-state index contributed by atoms with van der Waals surface area (Å²) in [5.41, 5.74) is 4.13. The molecule has 3 fully saturated rings. The van der Waals surface area contributed by atoms with Crippen LogP contribution in [-0.4, -0.2) is 92.0 Å². The minimum atomic E-state index is -4.05. The smallest absolute Gasteiger partial charge is 0.310 e. The molecule has 1 atom stereocenters. The largest absolute Gasteiger partial charge is 0.481 e. The van der Waals surface area contributed by atoms with E-state index in [1.54, 1.807) is 26.1 Å². The molecule has 3 aromatic heterocycles. The molecule has 1 saturated heterocycles. The van der Waals surface area contributed by atoms with Crippen LogP contribution >= 0.6 is 0 Å². The van der Waals surface area contributed by atoms with E-state index in [4.69, 9.17) is 14.5 Å². The fourth-order valence-corrected chi connectivity index (χ4v) is 9.46. The third-order valence-corrected chi connectivity index (χ3v) is 13.2. The Balaban J connectivity index is 1.13. The van der Waals surface area contributed by atoms with E-state index < -0.39 is 32.9 Å². The topological polar surface area (TPSA) is 153 Å². The van der Waals surface area contributed by atoms with Gasteiger partial charge in [0.15, 0.2) is 0 Å². The van der Waals surface area contributed by atoms with Crippen LogP contribution in [-0.2, 0) is 21.4 Å². The van der Waals surface area contributed by atoms with Crippen molar-refractivity contribution in [1.29, 1.82) is 0 Å². The number of hydrogen-bond donors (Lipinski definition) is 1. The van der Waals surface area contributed by atoms with Gasteiger partial charge in [-0.2, -0.15) is 9.29 Å². The summed E-state index contributed by atoms with van der Waals surface area (Å²) in [6.07, 6.45) is 7.67. The zero-order chi connectivity index (χ0) is 36.6. The number of pyridine rings is 2. The van der Waals surface area contributed by atoms with E-state index in [1.807, 2.05) is 43.7 Å². The van der Waals surface area contributed by atoms with Gasteiger partial charge in [0.25, 0.3) is 0 Å². The van der Waals surface area contributed by atoms with Crippen LogP contribution in [0.25, 0.3) is 11.0 Å². The lowest BCUT2D eigenvalue weighted by Gasteiger charge is -2.33. The summed E-state index contributed by atoms with van der Waals surface area (Å²) in [4.78, 5) is 24.6. The number of sulfonamides is 1. The zero-order valence-electron chi connectivity index (χ0n) is 30.6. The van der Waals surface area contributed by atoms with Crippen molar-refractivity contribution in [3.05, 3.63) is 64.0 Å². The van der Waals surface area contributed by atoms with E-state index >= 15 is 0 Å². The van der Waals surface area contributed by atoms with Crippen LogP contribution < -0.4 is 9.47 Å². The highest BCUT2D eigenvalue weighted by Crippen LogP contribution is 2.48. The Morgan fingerprint density at radius 2 is 1.88 bits per heavy atom. The van der Waals surface area contributed by atoms with Crippen LogP contribution in [0, 0.1) is 26.2 Å². The first-order chi connectivity index (χ1) is 24.8. The molecule has 0 unspecified atom stereocenters. The quantitative estimate of drug-likeness (QED) is 0.214. The third kappa shape index (κ3) is 6.21. The lowest BCUT2D eigenvalue weighted by molar-refractivity contribution is -0.147. The minimum absolute atomic E-state index is 0.0236. The molecule has 0 radical (unpaired) electrons. The molecular formula is C38H47N7O6S. The maximum Gasteiger partial charge on any atom is 0.310 e. The van der Waals surface area contributed by atoms with E-state index in [0.717, 1.165) is 54.6 Å². The van der Waals surface area contributed by atoms with Crippen molar-refractivity contribution in [1.82, 2.24) is 34.2 Å². The van der Waals surface area contributed by atoms with E-state index in [9.17, 15) is 18.3 Å². The third-order valence-electron chi connectivity index (χ3n) is 11.5. The number of carboxylic acid groups (broad SMARTS) is 1. The maximum absolute atomic E-state index is 14.5.